The molecule has 0 unspecified atom stereocenters. The minimum atomic E-state index is -0.203. The first-order chi connectivity index (χ1) is 12.6. The number of amides is 1. The number of ether oxygens (including phenoxy) is 3. The fourth-order valence-electron chi connectivity index (χ4n) is 2.40. The van der Waals surface area contributed by atoms with E-state index in [2.05, 4.69) is 28.2 Å². The smallest absolute Gasteiger partial charge is 0.255 e. The number of carbonyl (C=O) groups excluding carboxylic acids is 1. The third-order valence-electron chi connectivity index (χ3n) is 3.84. The third-order valence-corrected chi connectivity index (χ3v) is 4.34. The molecule has 2 rings (SSSR count). The number of benzene rings is 2. The van der Waals surface area contributed by atoms with Gasteiger partial charge in [-0.25, -0.2) is 0 Å². The van der Waals surface area contributed by atoms with Crippen molar-refractivity contribution in [1.82, 2.24) is 5.32 Å². The van der Waals surface area contributed by atoms with Gasteiger partial charge in [0.25, 0.3) is 5.91 Å². The Labute approximate surface area is 162 Å². The largest absolute Gasteiger partial charge is 0.496 e. The molecule has 6 heteroatoms. The Morgan fingerprint density at radius 2 is 1.77 bits per heavy atom. The van der Waals surface area contributed by atoms with Crippen molar-refractivity contribution in [3.8, 4) is 17.2 Å². The van der Waals surface area contributed by atoms with E-state index >= 15 is 0 Å². The number of carbonyl (C=O) groups is 1. The zero-order chi connectivity index (χ0) is 18.9. The number of hydrogen-bond acceptors (Lipinski definition) is 4. The fraction of sp³-hybridized carbons (Fsp3) is 0.350. The summed E-state index contributed by atoms with van der Waals surface area (Å²) in [5.41, 5.74) is 1.40. The molecule has 0 saturated heterocycles. The Morgan fingerprint density at radius 1 is 1.04 bits per heavy atom. The predicted molar refractivity (Wildman–Crippen MR) is 105 cm³/mol. The average molecular weight is 422 g/mol. The van der Waals surface area contributed by atoms with Gasteiger partial charge in [0, 0.05) is 11.0 Å². The van der Waals surface area contributed by atoms with Crippen LogP contribution in [0.3, 0.4) is 0 Å². The van der Waals surface area contributed by atoms with Gasteiger partial charge in [0.2, 0.25) is 0 Å². The molecule has 2 aromatic rings. The lowest BCUT2D eigenvalue weighted by Gasteiger charge is -2.13. The van der Waals surface area contributed by atoms with Crippen molar-refractivity contribution >= 4 is 21.8 Å². The summed E-state index contributed by atoms with van der Waals surface area (Å²) in [6.07, 6.45) is 2.07. The molecule has 0 aromatic heterocycles. The van der Waals surface area contributed by atoms with E-state index in [4.69, 9.17) is 14.2 Å². The first kappa shape index (κ1) is 20.1. The molecule has 5 nitrogen and oxygen atoms in total. The normalized spacial score (nSPS) is 10.3. The van der Waals surface area contributed by atoms with Crippen molar-refractivity contribution in [2.24, 2.45) is 0 Å². The standard InChI is InChI=1S/C20H24BrNO4/c1-4-5-10-26-18-8-6-14(11-19(18)25-3)13-22-20(23)16-12-15(21)7-9-17(16)24-2/h6-9,11-12H,4-5,10,13H2,1-3H3,(H,22,23). The minimum Gasteiger partial charge on any atom is -0.496 e. The number of rotatable bonds is 9. The van der Waals surface area contributed by atoms with E-state index in [0.29, 0.717) is 36.0 Å². The summed E-state index contributed by atoms with van der Waals surface area (Å²) in [7, 11) is 3.15. The molecule has 0 aliphatic carbocycles. The van der Waals surface area contributed by atoms with E-state index in [9.17, 15) is 4.79 Å². The zero-order valence-corrected chi connectivity index (χ0v) is 16.9. The molecule has 0 fully saturated rings. The third kappa shape index (κ3) is 5.39. The summed E-state index contributed by atoms with van der Waals surface area (Å²) < 4.78 is 17.2. The molecule has 1 amide bonds. The lowest BCUT2D eigenvalue weighted by molar-refractivity contribution is 0.0947. The monoisotopic (exact) mass is 421 g/mol. The molecule has 0 spiro atoms. The Hall–Kier alpha value is -2.21. The summed E-state index contributed by atoms with van der Waals surface area (Å²) in [6.45, 7) is 3.15. The van der Waals surface area contributed by atoms with Gasteiger partial charge < -0.3 is 19.5 Å². The highest BCUT2D eigenvalue weighted by Crippen LogP contribution is 2.28. The lowest BCUT2D eigenvalue weighted by Crippen LogP contribution is -2.23. The molecule has 0 radical (unpaired) electrons. The van der Waals surface area contributed by atoms with Crippen LogP contribution >= 0.6 is 15.9 Å². The van der Waals surface area contributed by atoms with Gasteiger partial charge in [-0.15, -0.1) is 0 Å². The molecular formula is C20H24BrNO4. The van der Waals surface area contributed by atoms with E-state index < -0.39 is 0 Å². The molecule has 26 heavy (non-hydrogen) atoms. The SMILES string of the molecule is CCCCOc1ccc(CNC(=O)c2cc(Br)ccc2OC)cc1OC. The average Bonchev–Trinajstić information content (AvgIpc) is 2.66. The van der Waals surface area contributed by atoms with Gasteiger partial charge in [-0.3, -0.25) is 4.79 Å². The van der Waals surface area contributed by atoms with Gasteiger partial charge >= 0.3 is 0 Å². The van der Waals surface area contributed by atoms with Crippen LogP contribution in [0.15, 0.2) is 40.9 Å². The van der Waals surface area contributed by atoms with Crippen molar-refractivity contribution in [2.45, 2.75) is 26.3 Å². The molecule has 1 N–H and O–H groups in total. The Morgan fingerprint density at radius 3 is 2.46 bits per heavy atom. The lowest BCUT2D eigenvalue weighted by atomic mass is 10.1. The fourth-order valence-corrected chi connectivity index (χ4v) is 2.76. The predicted octanol–water partition coefficient (Wildman–Crippen LogP) is 4.58. The molecule has 0 aliphatic heterocycles. The molecule has 0 saturated carbocycles. The van der Waals surface area contributed by atoms with Crippen molar-refractivity contribution < 1.29 is 19.0 Å². The second-order valence-electron chi connectivity index (χ2n) is 5.71. The van der Waals surface area contributed by atoms with Crippen molar-refractivity contribution in [3.63, 3.8) is 0 Å². The summed E-state index contributed by atoms with van der Waals surface area (Å²) in [6, 6.07) is 11.0. The Bertz CT molecular complexity index is 749. The van der Waals surface area contributed by atoms with Gasteiger partial charge in [0.15, 0.2) is 11.5 Å². The minimum absolute atomic E-state index is 0.203. The van der Waals surface area contributed by atoms with E-state index in [0.717, 1.165) is 22.9 Å². The van der Waals surface area contributed by atoms with Crippen LogP contribution in [0.5, 0.6) is 17.2 Å². The van der Waals surface area contributed by atoms with Crippen LogP contribution in [-0.4, -0.2) is 26.7 Å². The molecule has 0 bridgehead atoms. The van der Waals surface area contributed by atoms with E-state index in [1.165, 1.54) is 0 Å². The highest BCUT2D eigenvalue weighted by atomic mass is 79.9. The summed E-state index contributed by atoms with van der Waals surface area (Å²) in [5, 5.41) is 2.90. The van der Waals surface area contributed by atoms with Gasteiger partial charge in [0.05, 0.1) is 26.4 Å². The highest BCUT2D eigenvalue weighted by molar-refractivity contribution is 9.10. The maximum atomic E-state index is 12.5. The highest BCUT2D eigenvalue weighted by Gasteiger charge is 2.13. The maximum Gasteiger partial charge on any atom is 0.255 e. The van der Waals surface area contributed by atoms with Crippen LogP contribution in [-0.2, 0) is 6.54 Å². The maximum absolute atomic E-state index is 12.5. The second kappa shape index (κ2) is 10.1. The molecule has 140 valence electrons. The number of halogens is 1. The summed E-state index contributed by atoms with van der Waals surface area (Å²) in [4.78, 5) is 12.5. The molecular weight excluding hydrogens is 398 g/mol. The van der Waals surface area contributed by atoms with E-state index in [1.807, 2.05) is 24.3 Å². The number of unbranched alkanes of at least 4 members (excludes halogenated alkanes) is 1. The Balaban J connectivity index is 2.05. The van der Waals surface area contributed by atoms with Crippen molar-refractivity contribution in [2.75, 3.05) is 20.8 Å². The van der Waals surface area contributed by atoms with Gasteiger partial charge in [0.1, 0.15) is 5.75 Å². The van der Waals surface area contributed by atoms with E-state index in [1.54, 1.807) is 26.4 Å². The van der Waals surface area contributed by atoms with Crippen LogP contribution < -0.4 is 19.5 Å². The van der Waals surface area contributed by atoms with Crippen LogP contribution in [0.2, 0.25) is 0 Å². The Kier molecular flexibility index (Phi) is 7.78. The van der Waals surface area contributed by atoms with Crippen molar-refractivity contribution in [1.29, 1.82) is 0 Å². The molecule has 0 aliphatic rings. The molecule has 2 aromatic carbocycles. The second-order valence-corrected chi connectivity index (χ2v) is 6.63. The molecule has 0 atom stereocenters. The van der Waals surface area contributed by atoms with Gasteiger partial charge in [-0.1, -0.05) is 35.3 Å². The van der Waals surface area contributed by atoms with Crippen LogP contribution in [0.25, 0.3) is 0 Å². The van der Waals surface area contributed by atoms with Crippen molar-refractivity contribution in [3.05, 3.63) is 52.0 Å². The van der Waals surface area contributed by atoms with E-state index in [-0.39, 0.29) is 5.91 Å². The first-order valence-electron chi connectivity index (χ1n) is 8.50. The summed E-state index contributed by atoms with van der Waals surface area (Å²) >= 11 is 3.38. The quantitative estimate of drug-likeness (QED) is 0.602. The number of hydrogen-bond donors (Lipinski definition) is 1. The number of nitrogens with one attached hydrogen (secondary N) is 1. The topological polar surface area (TPSA) is 56.8 Å². The van der Waals surface area contributed by atoms with Crippen LogP contribution in [0, 0.1) is 0 Å². The molecule has 0 heterocycles. The van der Waals surface area contributed by atoms with Crippen LogP contribution in [0.4, 0.5) is 0 Å². The van der Waals surface area contributed by atoms with Gasteiger partial charge in [-0.2, -0.15) is 0 Å². The summed E-state index contributed by atoms with van der Waals surface area (Å²) in [5.74, 6) is 1.70. The first-order valence-corrected chi connectivity index (χ1v) is 9.29. The van der Waals surface area contributed by atoms with Crippen LogP contribution in [0.1, 0.15) is 35.7 Å². The number of methoxy groups -OCH3 is 2. The van der Waals surface area contributed by atoms with Gasteiger partial charge in [-0.05, 0) is 42.3 Å². The zero-order valence-electron chi connectivity index (χ0n) is 15.3.